The van der Waals surface area contributed by atoms with Crippen LogP contribution in [0.2, 0.25) is 0 Å². The highest BCUT2D eigenvalue weighted by Gasteiger charge is 2.19. The average molecular weight is 343 g/mol. The van der Waals surface area contributed by atoms with Crippen molar-refractivity contribution in [3.8, 4) is 17.2 Å². The van der Waals surface area contributed by atoms with Gasteiger partial charge < -0.3 is 13.9 Å². The summed E-state index contributed by atoms with van der Waals surface area (Å²) < 4.78 is 11.7. The highest BCUT2D eigenvalue weighted by Crippen LogP contribution is 2.35. The van der Waals surface area contributed by atoms with Crippen LogP contribution in [-0.4, -0.2) is 10.1 Å². The summed E-state index contributed by atoms with van der Waals surface area (Å²) >= 11 is 0. The van der Waals surface area contributed by atoms with E-state index in [1.165, 1.54) is 6.07 Å². The molecule has 126 valence electrons. The molecule has 0 fully saturated rings. The minimum Gasteiger partial charge on any atom is -0.507 e. The van der Waals surface area contributed by atoms with Crippen molar-refractivity contribution in [1.29, 1.82) is 0 Å². The molecule has 0 aliphatic rings. The van der Waals surface area contributed by atoms with Crippen LogP contribution < -0.4 is 5.43 Å². The first-order valence-corrected chi connectivity index (χ1v) is 8.17. The molecule has 3 aromatic carbocycles. The van der Waals surface area contributed by atoms with Gasteiger partial charge in [0.2, 0.25) is 11.3 Å². The molecule has 1 N–H and O–H groups in total. The number of phenols is 1. The van der Waals surface area contributed by atoms with Gasteiger partial charge in [-0.15, -0.1) is 0 Å². The topological polar surface area (TPSA) is 76.5 Å². The van der Waals surface area contributed by atoms with Crippen molar-refractivity contribution >= 4 is 33.0 Å². The lowest BCUT2D eigenvalue weighted by molar-refractivity contribution is 0.479. The van der Waals surface area contributed by atoms with Gasteiger partial charge in [-0.25, -0.2) is 4.98 Å². The molecule has 5 rings (SSSR count). The lowest BCUT2D eigenvalue weighted by Gasteiger charge is -2.03. The molecule has 5 heteroatoms. The molecular formula is C21H13NO4. The largest absolute Gasteiger partial charge is 0.507 e. The third kappa shape index (κ3) is 2.04. The molecular weight excluding hydrogens is 330 g/mol. The van der Waals surface area contributed by atoms with Crippen LogP contribution in [0.25, 0.3) is 44.5 Å². The second-order valence-electron chi connectivity index (χ2n) is 6.26. The quantitative estimate of drug-likeness (QED) is 0.444. The summed E-state index contributed by atoms with van der Waals surface area (Å²) in [5.74, 6) is 0.223. The standard InChI is InChI=1S/C21H13NO4/c1-11-6-8-12(9-7-11)21-22-18-16(26-21)10-14(23)17-19(24)13-4-2-3-5-15(13)25-20(17)18/h2-10,23H,1H3. The third-order valence-corrected chi connectivity index (χ3v) is 4.49. The van der Waals surface area contributed by atoms with Crippen LogP contribution in [0.15, 0.2) is 68.2 Å². The minimum absolute atomic E-state index is 0.111. The lowest BCUT2D eigenvalue weighted by Crippen LogP contribution is -2.02. The maximum atomic E-state index is 12.8. The molecule has 5 nitrogen and oxygen atoms in total. The maximum Gasteiger partial charge on any atom is 0.227 e. The Morgan fingerprint density at radius 3 is 2.54 bits per heavy atom. The van der Waals surface area contributed by atoms with Crippen LogP contribution in [0.1, 0.15) is 5.56 Å². The molecule has 0 spiro atoms. The highest BCUT2D eigenvalue weighted by atomic mass is 16.4. The van der Waals surface area contributed by atoms with Crippen LogP contribution in [0.4, 0.5) is 0 Å². The summed E-state index contributed by atoms with van der Waals surface area (Å²) in [6, 6.07) is 16.1. The molecule has 0 aliphatic carbocycles. The van der Waals surface area contributed by atoms with Crippen molar-refractivity contribution < 1.29 is 13.9 Å². The van der Waals surface area contributed by atoms with Crippen molar-refractivity contribution in [2.75, 3.05) is 0 Å². The molecule has 26 heavy (non-hydrogen) atoms. The van der Waals surface area contributed by atoms with E-state index in [0.717, 1.165) is 11.1 Å². The zero-order valence-corrected chi connectivity index (χ0v) is 13.8. The summed E-state index contributed by atoms with van der Waals surface area (Å²) in [5, 5.41) is 10.9. The van der Waals surface area contributed by atoms with E-state index >= 15 is 0 Å². The number of aromatic nitrogens is 1. The zero-order chi connectivity index (χ0) is 17.8. The van der Waals surface area contributed by atoms with E-state index in [1.54, 1.807) is 24.3 Å². The van der Waals surface area contributed by atoms with Gasteiger partial charge in [-0.1, -0.05) is 29.8 Å². The Hall–Kier alpha value is -3.60. The lowest BCUT2D eigenvalue weighted by atomic mass is 10.1. The van der Waals surface area contributed by atoms with E-state index in [2.05, 4.69) is 4.98 Å². The normalized spacial score (nSPS) is 11.6. The predicted molar refractivity (Wildman–Crippen MR) is 99.4 cm³/mol. The monoisotopic (exact) mass is 343 g/mol. The van der Waals surface area contributed by atoms with Gasteiger partial charge in [0.05, 0.1) is 5.39 Å². The summed E-state index contributed by atoms with van der Waals surface area (Å²) in [5.41, 5.74) is 3.09. The third-order valence-electron chi connectivity index (χ3n) is 4.49. The van der Waals surface area contributed by atoms with Crippen LogP contribution in [0, 0.1) is 6.92 Å². The predicted octanol–water partition coefficient (Wildman–Crippen LogP) is 4.77. The molecule has 0 amide bonds. The molecule has 0 bridgehead atoms. The number of fused-ring (bicyclic) bond motifs is 4. The molecule has 0 radical (unpaired) electrons. The van der Waals surface area contributed by atoms with Gasteiger partial charge in [-0.2, -0.15) is 0 Å². The number of oxazole rings is 1. The molecule has 0 saturated heterocycles. The van der Waals surface area contributed by atoms with Crippen LogP contribution >= 0.6 is 0 Å². The van der Waals surface area contributed by atoms with Gasteiger partial charge in [0, 0.05) is 11.6 Å². The Kier molecular flexibility index (Phi) is 2.94. The smallest absolute Gasteiger partial charge is 0.227 e. The number of benzene rings is 3. The number of nitrogens with zero attached hydrogens (tertiary/aromatic N) is 1. The van der Waals surface area contributed by atoms with Gasteiger partial charge in [0.1, 0.15) is 16.7 Å². The summed E-state index contributed by atoms with van der Waals surface area (Å²) in [6.45, 7) is 2.00. The molecule has 0 atom stereocenters. The fraction of sp³-hybridized carbons (Fsp3) is 0.0476. The van der Waals surface area contributed by atoms with Crippen LogP contribution in [0.3, 0.4) is 0 Å². The molecule has 5 aromatic rings. The van der Waals surface area contributed by atoms with Crippen molar-refractivity contribution in [2.24, 2.45) is 0 Å². The van der Waals surface area contributed by atoms with Crippen molar-refractivity contribution in [1.82, 2.24) is 4.98 Å². The SMILES string of the molecule is Cc1ccc(-c2nc3c(cc(O)c4c(=O)c5ccccc5oc43)o2)cc1. The molecule has 2 heterocycles. The Bertz CT molecular complexity index is 1360. The van der Waals surface area contributed by atoms with E-state index in [0.29, 0.717) is 28.0 Å². The first-order chi connectivity index (χ1) is 12.6. The molecule has 0 saturated carbocycles. The van der Waals surface area contributed by atoms with Crippen molar-refractivity contribution in [3.63, 3.8) is 0 Å². The van der Waals surface area contributed by atoms with E-state index in [4.69, 9.17) is 8.83 Å². The molecule has 0 unspecified atom stereocenters. The summed E-state index contributed by atoms with van der Waals surface area (Å²) in [6.07, 6.45) is 0. The maximum absolute atomic E-state index is 12.8. The fourth-order valence-corrected chi connectivity index (χ4v) is 3.15. The summed E-state index contributed by atoms with van der Waals surface area (Å²) in [4.78, 5) is 17.3. The zero-order valence-electron chi connectivity index (χ0n) is 13.8. The first kappa shape index (κ1) is 14.7. The Morgan fingerprint density at radius 1 is 0.962 bits per heavy atom. The second kappa shape index (κ2) is 5.20. The number of hydrogen-bond acceptors (Lipinski definition) is 5. The van der Waals surface area contributed by atoms with Gasteiger partial charge in [0.15, 0.2) is 16.7 Å². The number of aryl methyl sites for hydroxylation is 1. The van der Waals surface area contributed by atoms with Gasteiger partial charge in [0.25, 0.3) is 0 Å². The second-order valence-corrected chi connectivity index (χ2v) is 6.26. The van der Waals surface area contributed by atoms with Crippen LogP contribution in [0.5, 0.6) is 5.75 Å². The van der Waals surface area contributed by atoms with E-state index < -0.39 is 0 Å². The Balaban J connectivity index is 1.89. The van der Waals surface area contributed by atoms with Gasteiger partial charge in [-0.05, 0) is 31.2 Å². The first-order valence-electron chi connectivity index (χ1n) is 8.17. The minimum atomic E-state index is -0.291. The number of rotatable bonds is 1. The highest BCUT2D eigenvalue weighted by molar-refractivity contribution is 6.06. The van der Waals surface area contributed by atoms with Crippen molar-refractivity contribution in [3.05, 3.63) is 70.4 Å². The molecule has 0 aliphatic heterocycles. The van der Waals surface area contributed by atoms with Crippen LogP contribution in [-0.2, 0) is 0 Å². The van der Waals surface area contributed by atoms with Gasteiger partial charge >= 0.3 is 0 Å². The number of aromatic hydroxyl groups is 1. The number of phenolic OH excluding ortho intramolecular Hbond substituents is 1. The Labute approximate surface area is 147 Å². The number of hydrogen-bond donors (Lipinski definition) is 1. The van der Waals surface area contributed by atoms with Crippen molar-refractivity contribution in [2.45, 2.75) is 6.92 Å². The Morgan fingerprint density at radius 2 is 1.73 bits per heavy atom. The summed E-state index contributed by atoms with van der Waals surface area (Å²) in [7, 11) is 0. The van der Waals surface area contributed by atoms with E-state index in [-0.39, 0.29) is 22.1 Å². The van der Waals surface area contributed by atoms with Gasteiger partial charge in [-0.3, -0.25) is 4.79 Å². The molecule has 2 aromatic heterocycles. The fourth-order valence-electron chi connectivity index (χ4n) is 3.15. The van der Waals surface area contributed by atoms with E-state index in [1.807, 2.05) is 31.2 Å². The average Bonchev–Trinajstić information content (AvgIpc) is 3.06. The van der Waals surface area contributed by atoms with E-state index in [9.17, 15) is 9.90 Å². The number of para-hydroxylation sites is 1.